The molecule has 1 heteroatoms. The molecular weight excluding hydrogens is 338 g/mol. The summed E-state index contributed by atoms with van der Waals surface area (Å²) in [6.45, 7) is 13.6. The minimum Gasteiger partial charge on any atom is -0.256 e. The monoisotopic (exact) mass is 369 g/mol. The number of unbranched alkanes of at least 4 members (excludes halogenated alkanes) is 1. The second kappa shape index (κ2) is 8.56. The van der Waals surface area contributed by atoms with Crippen molar-refractivity contribution < 1.29 is 0 Å². The SMILES string of the molecule is C=C(/C(=C/c1cnc2ccccc2c1)CCCC)C(C)(C)c1ccccc1C. The van der Waals surface area contributed by atoms with Crippen LogP contribution in [0.5, 0.6) is 0 Å². The van der Waals surface area contributed by atoms with Crippen molar-refractivity contribution >= 4 is 17.0 Å². The third-order valence-electron chi connectivity index (χ3n) is 5.71. The van der Waals surface area contributed by atoms with E-state index in [2.05, 4.69) is 93.9 Å². The molecular formula is C27H31N. The maximum absolute atomic E-state index is 4.63. The minimum absolute atomic E-state index is 0.116. The van der Waals surface area contributed by atoms with Crippen LogP contribution in [-0.2, 0) is 5.41 Å². The number of benzene rings is 2. The number of aryl methyl sites for hydroxylation is 1. The van der Waals surface area contributed by atoms with E-state index in [1.165, 1.54) is 34.1 Å². The van der Waals surface area contributed by atoms with Crippen molar-refractivity contribution in [2.24, 2.45) is 0 Å². The molecule has 1 aromatic heterocycles. The van der Waals surface area contributed by atoms with Gasteiger partial charge >= 0.3 is 0 Å². The molecule has 0 radical (unpaired) electrons. The average molecular weight is 370 g/mol. The summed E-state index contributed by atoms with van der Waals surface area (Å²) < 4.78 is 0. The van der Waals surface area contributed by atoms with Gasteiger partial charge in [0.2, 0.25) is 0 Å². The summed E-state index contributed by atoms with van der Waals surface area (Å²) in [4.78, 5) is 4.63. The number of aromatic nitrogens is 1. The number of hydrogen-bond acceptors (Lipinski definition) is 1. The Morgan fingerprint density at radius 1 is 1.07 bits per heavy atom. The van der Waals surface area contributed by atoms with E-state index in [0.29, 0.717) is 0 Å². The molecule has 1 heterocycles. The number of pyridine rings is 1. The second-order valence-electron chi connectivity index (χ2n) is 8.15. The topological polar surface area (TPSA) is 12.9 Å². The first-order valence-corrected chi connectivity index (χ1v) is 10.2. The molecule has 0 bridgehead atoms. The van der Waals surface area contributed by atoms with Crippen LogP contribution in [0.25, 0.3) is 17.0 Å². The van der Waals surface area contributed by atoms with Crippen LogP contribution >= 0.6 is 0 Å². The zero-order valence-electron chi connectivity index (χ0n) is 17.6. The number of hydrogen-bond donors (Lipinski definition) is 0. The fourth-order valence-corrected chi connectivity index (χ4v) is 3.88. The van der Waals surface area contributed by atoms with Crippen LogP contribution in [0.1, 0.15) is 56.7 Å². The molecule has 0 aliphatic carbocycles. The summed E-state index contributed by atoms with van der Waals surface area (Å²) in [5.41, 5.74) is 7.25. The van der Waals surface area contributed by atoms with Gasteiger partial charge in [0.15, 0.2) is 0 Å². The highest BCUT2D eigenvalue weighted by Gasteiger charge is 2.27. The summed E-state index contributed by atoms with van der Waals surface area (Å²) in [6, 6.07) is 19.1. The fraction of sp³-hybridized carbons (Fsp3) is 0.296. The zero-order valence-corrected chi connectivity index (χ0v) is 17.6. The molecule has 3 aromatic rings. The van der Waals surface area contributed by atoms with Gasteiger partial charge in [0.05, 0.1) is 5.52 Å². The number of fused-ring (bicyclic) bond motifs is 1. The summed E-state index contributed by atoms with van der Waals surface area (Å²) in [6.07, 6.45) is 7.64. The molecule has 2 aromatic carbocycles. The second-order valence-corrected chi connectivity index (χ2v) is 8.15. The van der Waals surface area contributed by atoms with Crippen LogP contribution in [-0.4, -0.2) is 4.98 Å². The predicted molar refractivity (Wildman–Crippen MR) is 123 cm³/mol. The highest BCUT2D eigenvalue weighted by molar-refractivity contribution is 5.81. The molecule has 1 nitrogen and oxygen atoms in total. The van der Waals surface area contributed by atoms with E-state index in [9.17, 15) is 0 Å². The Kier molecular flexibility index (Phi) is 6.14. The van der Waals surface area contributed by atoms with Gasteiger partial charge in [-0.15, -0.1) is 0 Å². The number of allylic oxidation sites excluding steroid dienone is 2. The summed E-state index contributed by atoms with van der Waals surface area (Å²) in [5, 5.41) is 1.18. The lowest BCUT2D eigenvalue weighted by molar-refractivity contribution is 0.618. The Morgan fingerprint density at radius 2 is 1.79 bits per heavy atom. The van der Waals surface area contributed by atoms with Crippen molar-refractivity contribution in [2.75, 3.05) is 0 Å². The van der Waals surface area contributed by atoms with E-state index >= 15 is 0 Å². The van der Waals surface area contributed by atoms with Crippen molar-refractivity contribution in [3.05, 3.63) is 95.2 Å². The van der Waals surface area contributed by atoms with E-state index in [1.54, 1.807) is 0 Å². The van der Waals surface area contributed by atoms with Gasteiger partial charge < -0.3 is 0 Å². The van der Waals surface area contributed by atoms with Gasteiger partial charge in [-0.2, -0.15) is 0 Å². The van der Waals surface area contributed by atoms with Crippen LogP contribution in [0.2, 0.25) is 0 Å². The first kappa shape index (κ1) is 20.1. The van der Waals surface area contributed by atoms with Crippen molar-refractivity contribution in [2.45, 2.75) is 52.4 Å². The lowest BCUT2D eigenvalue weighted by Crippen LogP contribution is -2.22. The molecule has 0 saturated heterocycles. The standard InChI is InChI=1S/C27H31N/c1-6-7-13-23(17-22-18-24-14-9-11-16-26(24)28-19-22)21(3)27(4,5)25-15-10-8-12-20(25)2/h8-12,14-19H,3,6-7,13H2,1-2,4-5H3/b23-17+. The summed E-state index contributed by atoms with van der Waals surface area (Å²) in [5.74, 6) is 0. The van der Waals surface area contributed by atoms with Gasteiger partial charge in [0.1, 0.15) is 0 Å². The maximum atomic E-state index is 4.63. The van der Waals surface area contributed by atoms with Crippen molar-refractivity contribution in [3.8, 4) is 0 Å². The van der Waals surface area contributed by atoms with Crippen molar-refractivity contribution in [1.29, 1.82) is 0 Å². The van der Waals surface area contributed by atoms with Crippen molar-refractivity contribution in [3.63, 3.8) is 0 Å². The third kappa shape index (κ3) is 4.25. The summed E-state index contributed by atoms with van der Waals surface area (Å²) >= 11 is 0. The molecule has 3 rings (SSSR count). The first-order chi connectivity index (χ1) is 13.4. The molecule has 0 saturated carbocycles. The Bertz CT molecular complexity index is 1010. The Morgan fingerprint density at radius 3 is 2.54 bits per heavy atom. The highest BCUT2D eigenvalue weighted by atomic mass is 14.6. The molecule has 0 fully saturated rings. The Balaban J connectivity index is 2.01. The molecule has 144 valence electrons. The minimum atomic E-state index is -0.116. The molecule has 0 amide bonds. The molecule has 0 spiro atoms. The number of para-hydroxylation sites is 1. The quantitative estimate of drug-likeness (QED) is 0.390. The van der Waals surface area contributed by atoms with Crippen molar-refractivity contribution in [1.82, 2.24) is 4.98 Å². The molecule has 0 aliphatic heterocycles. The van der Waals surface area contributed by atoms with Gasteiger partial charge in [-0.1, -0.05) is 76.2 Å². The lowest BCUT2D eigenvalue weighted by Gasteiger charge is -2.31. The van der Waals surface area contributed by atoms with E-state index in [-0.39, 0.29) is 5.41 Å². The molecule has 0 unspecified atom stereocenters. The molecule has 0 N–H and O–H groups in total. The smallest absolute Gasteiger partial charge is 0.0702 e. The van der Waals surface area contributed by atoms with Crippen LogP contribution in [0.15, 0.2) is 78.5 Å². The normalized spacial score (nSPS) is 12.4. The largest absolute Gasteiger partial charge is 0.256 e. The van der Waals surface area contributed by atoms with Gasteiger partial charge in [0, 0.05) is 17.0 Å². The predicted octanol–water partition coefficient (Wildman–Crippen LogP) is 7.65. The van der Waals surface area contributed by atoms with E-state index in [4.69, 9.17) is 0 Å². The molecule has 0 atom stereocenters. The third-order valence-corrected chi connectivity index (χ3v) is 5.71. The van der Waals surface area contributed by atoms with E-state index in [1.807, 2.05) is 12.3 Å². The lowest BCUT2D eigenvalue weighted by atomic mass is 9.73. The molecule has 0 aliphatic rings. The van der Waals surface area contributed by atoms with Crippen LogP contribution in [0, 0.1) is 6.92 Å². The zero-order chi connectivity index (χ0) is 20.1. The molecule has 28 heavy (non-hydrogen) atoms. The van der Waals surface area contributed by atoms with Gasteiger partial charge in [0.25, 0.3) is 0 Å². The van der Waals surface area contributed by atoms with Gasteiger partial charge in [-0.25, -0.2) is 0 Å². The maximum Gasteiger partial charge on any atom is 0.0702 e. The average Bonchev–Trinajstić information content (AvgIpc) is 2.70. The Labute approximate surface area is 169 Å². The number of rotatable bonds is 7. The van der Waals surface area contributed by atoms with E-state index in [0.717, 1.165) is 23.9 Å². The highest BCUT2D eigenvalue weighted by Crippen LogP contribution is 2.38. The fourth-order valence-electron chi connectivity index (χ4n) is 3.88. The van der Waals surface area contributed by atoms with Crippen LogP contribution < -0.4 is 0 Å². The van der Waals surface area contributed by atoms with Crippen LogP contribution in [0.4, 0.5) is 0 Å². The van der Waals surface area contributed by atoms with Gasteiger partial charge in [-0.05, 0) is 65.8 Å². The van der Waals surface area contributed by atoms with Gasteiger partial charge in [-0.3, -0.25) is 4.98 Å². The summed E-state index contributed by atoms with van der Waals surface area (Å²) in [7, 11) is 0. The Hall–Kier alpha value is -2.67. The number of nitrogens with zero attached hydrogens (tertiary/aromatic N) is 1. The first-order valence-electron chi connectivity index (χ1n) is 10.2. The van der Waals surface area contributed by atoms with Crippen LogP contribution in [0.3, 0.4) is 0 Å². The van der Waals surface area contributed by atoms with E-state index < -0.39 is 0 Å².